The molecule has 0 spiro atoms. The van der Waals surface area contributed by atoms with Crippen LogP contribution in [0.15, 0.2) is 12.1 Å². The molecular weight excluding hydrogens is 293 g/mol. The molecule has 0 atom stereocenters. The Balaban J connectivity index is 2.98. The van der Waals surface area contributed by atoms with Crippen molar-refractivity contribution >= 4 is 17.7 Å². The van der Waals surface area contributed by atoms with Gasteiger partial charge in [-0.15, -0.1) is 10.2 Å². The molecule has 1 rings (SSSR count). The maximum absolute atomic E-state index is 12.4. The molecule has 1 aromatic heterocycles. The summed E-state index contributed by atoms with van der Waals surface area (Å²) in [5.41, 5.74) is -0.0500. The van der Waals surface area contributed by atoms with Crippen LogP contribution in [-0.4, -0.2) is 65.4 Å². The van der Waals surface area contributed by atoms with E-state index in [1.54, 1.807) is 0 Å². The van der Waals surface area contributed by atoms with Crippen molar-refractivity contribution < 1.29 is 27.9 Å². The Hall–Kier alpha value is -2.39. The molecule has 0 aromatic carbocycles. The van der Waals surface area contributed by atoms with Gasteiger partial charge in [0.2, 0.25) is 0 Å². The zero-order valence-electron chi connectivity index (χ0n) is 11.3. The van der Waals surface area contributed by atoms with Gasteiger partial charge in [0.25, 0.3) is 5.91 Å². The number of halogens is 3. The van der Waals surface area contributed by atoms with Gasteiger partial charge in [-0.25, -0.2) is 0 Å². The fraction of sp³-hybridized carbons (Fsp3) is 0.455. The summed E-state index contributed by atoms with van der Waals surface area (Å²) in [4.78, 5) is 23.9. The van der Waals surface area contributed by atoms with E-state index in [2.05, 4.69) is 10.2 Å². The van der Waals surface area contributed by atoms with Crippen molar-refractivity contribution in [3.05, 3.63) is 17.8 Å². The highest BCUT2D eigenvalue weighted by atomic mass is 19.4. The Morgan fingerprint density at radius 1 is 1.24 bits per heavy atom. The zero-order valence-corrected chi connectivity index (χ0v) is 11.3. The molecule has 0 bridgehead atoms. The first-order valence-electron chi connectivity index (χ1n) is 5.69. The van der Waals surface area contributed by atoms with Crippen molar-refractivity contribution in [2.75, 3.05) is 32.1 Å². The van der Waals surface area contributed by atoms with Crippen LogP contribution in [0.2, 0.25) is 0 Å². The number of aromatic nitrogens is 2. The monoisotopic (exact) mass is 306 g/mol. The Morgan fingerprint density at radius 2 is 1.86 bits per heavy atom. The third-order valence-corrected chi connectivity index (χ3v) is 2.30. The molecule has 1 N–H and O–H groups in total. The van der Waals surface area contributed by atoms with E-state index >= 15 is 0 Å². The van der Waals surface area contributed by atoms with Gasteiger partial charge in [0.1, 0.15) is 13.1 Å². The Bertz CT molecular complexity index is 516. The van der Waals surface area contributed by atoms with Gasteiger partial charge in [-0.3, -0.25) is 9.59 Å². The summed E-state index contributed by atoms with van der Waals surface area (Å²) in [5.74, 6) is -2.17. The molecule has 0 aliphatic rings. The average molecular weight is 306 g/mol. The molecule has 7 nitrogen and oxygen atoms in total. The van der Waals surface area contributed by atoms with Gasteiger partial charge < -0.3 is 14.9 Å². The zero-order chi connectivity index (χ0) is 16.2. The van der Waals surface area contributed by atoms with Crippen molar-refractivity contribution in [2.45, 2.75) is 6.18 Å². The number of nitrogens with zero attached hydrogens (tertiary/aromatic N) is 4. The fourth-order valence-corrected chi connectivity index (χ4v) is 1.43. The molecule has 0 aliphatic heterocycles. The number of carbonyl (C=O) groups is 2. The summed E-state index contributed by atoms with van der Waals surface area (Å²) < 4.78 is 37.2. The SMILES string of the molecule is CN(C)C(=O)c1ccc(N(CC(=O)O)CC(F)(F)F)nn1. The maximum atomic E-state index is 12.4. The molecule has 21 heavy (non-hydrogen) atoms. The molecule has 0 unspecified atom stereocenters. The predicted molar refractivity (Wildman–Crippen MR) is 66.0 cm³/mol. The summed E-state index contributed by atoms with van der Waals surface area (Å²) in [6.07, 6.45) is -4.59. The second-order valence-corrected chi connectivity index (χ2v) is 4.34. The van der Waals surface area contributed by atoms with Crippen LogP contribution in [0.5, 0.6) is 0 Å². The van der Waals surface area contributed by atoms with Gasteiger partial charge >= 0.3 is 12.1 Å². The molecule has 0 fully saturated rings. The molecule has 0 radical (unpaired) electrons. The Morgan fingerprint density at radius 3 is 2.24 bits per heavy atom. The van der Waals surface area contributed by atoms with Crippen molar-refractivity contribution in [2.24, 2.45) is 0 Å². The van der Waals surface area contributed by atoms with Crippen LogP contribution in [0.3, 0.4) is 0 Å². The van der Waals surface area contributed by atoms with Crippen LogP contribution in [0.25, 0.3) is 0 Å². The molecule has 116 valence electrons. The minimum Gasteiger partial charge on any atom is -0.480 e. The fourth-order valence-electron chi connectivity index (χ4n) is 1.43. The average Bonchev–Trinajstić information content (AvgIpc) is 2.35. The summed E-state index contributed by atoms with van der Waals surface area (Å²) in [5, 5.41) is 15.6. The van der Waals surface area contributed by atoms with Crippen molar-refractivity contribution in [3.8, 4) is 0 Å². The molecule has 0 aliphatic carbocycles. The van der Waals surface area contributed by atoms with E-state index in [1.807, 2.05) is 0 Å². The minimum absolute atomic E-state index is 0.0500. The lowest BCUT2D eigenvalue weighted by atomic mass is 10.3. The lowest BCUT2D eigenvalue weighted by molar-refractivity contribution is -0.136. The summed E-state index contributed by atoms with van der Waals surface area (Å²) in [6.45, 7) is -2.36. The molecular formula is C11H13F3N4O3. The van der Waals surface area contributed by atoms with Crippen LogP contribution in [-0.2, 0) is 4.79 Å². The third kappa shape index (κ3) is 5.24. The highest BCUT2D eigenvalue weighted by Crippen LogP contribution is 2.20. The van der Waals surface area contributed by atoms with Gasteiger partial charge in [0.15, 0.2) is 11.5 Å². The standard InChI is InChI=1S/C11H13F3N4O3/c1-17(2)10(21)7-3-4-8(16-15-7)18(5-9(19)20)6-11(12,13)14/h3-4H,5-6H2,1-2H3,(H,19,20). The first kappa shape index (κ1) is 16.7. The van der Waals surface area contributed by atoms with Crippen LogP contribution >= 0.6 is 0 Å². The predicted octanol–water partition coefficient (Wildman–Crippen LogP) is 0.632. The van der Waals surface area contributed by atoms with Crippen LogP contribution in [0, 0.1) is 0 Å². The number of carbonyl (C=O) groups excluding carboxylic acids is 1. The van der Waals surface area contributed by atoms with Crippen molar-refractivity contribution in [3.63, 3.8) is 0 Å². The third-order valence-electron chi connectivity index (χ3n) is 2.30. The number of aliphatic carboxylic acids is 1. The number of amides is 1. The minimum atomic E-state index is -4.59. The highest BCUT2D eigenvalue weighted by Gasteiger charge is 2.32. The van der Waals surface area contributed by atoms with Gasteiger partial charge in [0.05, 0.1) is 0 Å². The Kier molecular flexibility index (Phi) is 5.06. The number of carboxylic acids is 1. The lowest BCUT2D eigenvalue weighted by Gasteiger charge is -2.22. The molecule has 1 amide bonds. The quantitative estimate of drug-likeness (QED) is 0.858. The van der Waals surface area contributed by atoms with E-state index in [-0.39, 0.29) is 11.5 Å². The highest BCUT2D eigenvalue weighted by molar-refractivity contribution is 5.91. The smallest absolute Gasteiger partial charge is 0.405 e. The van der Waals surface area contributed by atoms with E-state index in [0.29, 0.717) is 4.90 Å². The topological polar surface area (TPSA) is 86.6 Å². The first-order valence-corrected chi connectivity index (χ1v) is 5.69. The molecule has 1 aromatic rings. The summed E-state index contributed by atoms with van der Waals surface area (Å²) >= 11 is 0. The second-order valence-electron chi connectivity index (χ2n) is 4.34. The number of alkyl halides is 3. The maximum Gasteiger partial charge on any atom is 0.405 e. The first-order chi connectivity index (χ1) is 9.60. The van der Waals surface area contributed by atoms with Crippen molar-refractivity contribution in [1.82, 2.24) is 15.1 Å². The van der Waals surface area contributed by atoms with E-state index in [1.165, 1.54) is 25.1 Å². The molecule has 1 heterocycles. The summed E-state index contributed by atoms with van der Waals surface area (Å²) in [6, 6.07) is 2.31. The van der Waals surface area contributed by atoms with Gasteiger partial charge in [0, 0.05) is 14.1 Å². The second kappa shape index (κ2) is 6.37. The normalized spacial score (nSPS) is 11.1. The van der Waals surface area contributed by atoms with Gasteiger partial charge in [-0.05, 0) is 12.1 Å². The van der Waals surface area contributed by atoms with Crippen LogP contribution < -0.4 is 4.90 Å². The Labute approximate surface area is 118 Å². The largest absolute Gasteiger partial charge is 0.480 e. The number of anilines is 1. The number of hydrogen-bond acceptors (Lipinski definition) is 5. The number of rotatable bonds is 5. The van der Waals surface area contributed by atoms with E-state index in [0.717, 1.165) is 6.07 Å². The summed E-state index contributed by atoms with van der Waals surface area (Å²) in [7, 11) is 2.97. The van der Waals surface area contributed by atoms with Crippen molar-refractivity contribution in [1.29, 1.82) is 0 Å². The lowest BCUT2D eigenvalue weighted by Crippen LogP contribution is -2.38. The van der Waals surface area contributed by atoms with Gasteiger partial charge in [-0.2, -0.15) is 13.2 Å². The van der Waals surface area contributed by atoms with Gasteiger partial charge in [-0.1, -0.05) is 0 Å². The molecule has 0 saturated heterocycles. The number of hydrogen-bond donors (Lipinski definition) is 1. The van der Waals surface area contributed by atoms with E-state index < -0.39 is 31.1 Å². The van der Waals surface area contributed by atoms with Crippen LogP contribution in [0.1, 0.15) is 10.5 Å². The van der Waals surface area contributed by atoms with E-state index in [4.69, 9.17) is 5.11 Å². The number of carboxylic acid groups (broad SMARTS) is 1. The molecule has 0 saturated carbocycles. The molecule has 10 heteroatoms. The van der Waals surface area contributed by atoms with E-state index in [9.17, 15) is 22.8 Å². The van der Waals surface area contributed by atoms with Crippen LogP contribution in [0.4, 0.5) is 19.0 Å².